The number of hydrogen-bond acceptors (Lipinski definition) is 3. The first-order valence-electron chi connectivity index (χ1n) is 7.79. The van der Waals surface area contributed by atoms with Crippen LogP contribution in [-0.4, -0.2) is 18.0 Å². The lowest BCUT2D eigenvalue weighted by Gasteiger charge is -2.22. The average Bonchev–Trinajstić information content (AvgIpc) is 3.25. The molecule has 1 N–H and O–H groups in total. The molecule has 5 nitrogen and oxygen atoms in total. The number of urea groups is 1. The molecule has 0 aliphatic heterocycles. The van der Waals surface area contributed by atoms with E-state index in [1.807, 2.05) is 61.5 Å². The fourth-order valence-corrected chi connectivity index (χ4v) is 2.53. The third-order valence-electron chi connectivity index (χ3n) is 3.76. The molecular weight excluding hydrogens is 304 g/mol. The molecule has 0 radical (unpaired) electrons. The summed E-state index contributed by atoms with van der Waals surface area (Å²) in [6.45, 7) is 2.28. The van der Waals surface area contributed by atoms with Gasteiger partial charge in [0.25, 0.3) is 0 Å². The molecule has 2 amide bonds. The summed E-state index contributed by atoms with van der Waals surface area (Å²) in [7, 11) is 1.73. The normalized spacial score (nSPS) is 11.9. The maximum Gasteiger partial charge on any atom is 0.318 e. The number of amides is 2. The summed E-state index contributed by atoms with van der Waals surface area (Å²) < 4.78 is 11.0. The van der Waals surface area contributed by atoms with E-state index in [2.05, 4.69) is 5.32 Å². The number of rotatable bonds is 5. The molecule has 1 aromatic carbocycles. The van der Waals surface area contributed by atoms with Gasteiger partial charge in [0, 0.05) is 7.05 Å². The Bertz CT molecular complexity index is 778. The van der Waals surface area contributed by atoms with Crippen LogP contribution in [0.25, 0.3) is 0 Å². The van der Waals surface area contributed by atoms with Gasteiger partial charge in [0.1, 0.15) is 23.3 Å². The summed E-state index contributed by atoms with van der Waals surface area (Å²) >= 11 is 0. The molecule has 1 atom stereocenters. The molecule has 3 rings (SSSR count). The minimum absolute atomic E-state index is 0.200. The maximum absolute atomic E-state index is 12.6. The molecule has 2 heterocycles. The van der Waals surface area contributed by atoms with Crippen molar-refractivity contribution in [2.24, 2.45) is 0 Å². The SMILES string of the molecule is Cc1ccc(CN(C)C(=O)N[C@@H](c2ccccc2)c2ccco2)o1. The number of hydrogen-bond donors (Lipinski definition) is 1. The van der Waals surface area contributed by atoms with E-state index in [-0.39, 0.29) is 12.1 Å². The van der Waals surface area contributed by atoms with Crippen molar-refractivity contribution in [1.29, 1.82) is 0 Å². The number of carbonyl (C=O) groups excluding carboxylic acids is 1. The predicted octanol–water partition coefficient (Wildman–Crippen LogP) is 4.11. The fraction of sp³-hybridized carbons (Fsp3) is 0.211. The molecule has 0 bridgehead atoms. The molecule has 0 spiro atoms. The van der Waals surface area contributed by atoms with E-state index in [4.69, 9.17) is 8.83 Å². The molecule has 0 unspecified atom stereocenters. The van der Waals surface area contributed by atoms with E-state index < -0.39 is 0 Å². The van der Waals surface area contributed by atoms with Gasteiger partial charge in [-0.3, -0.25) is 0 Å². The third kappa shape index (κ3) is 3.68. The van der Waals surface area contributed by atoms with E-state index in [9.17, 15) is 4.79 Å². The van der Waals surface area contributed by atoms with Gasteiger partial charge in [0.15, 0.2) is 0 Å². The minimum atomic E-state index is -0.338. The van der Waals surface area contributed by atoms with Crippen molar-refractivity contribution >= 4 is 6.03 Å². The lowest BCUT2D eigenvalue weighted by Crippen LogP contribution is -2.39. The number of nitrogens with one attached hydrogen (secondary N) is 1. The first-order chi connectivity index (χ1) is 11.6. The molecule has 0 fully saturated rings. The highest BCUT2D eigenvalue weighted by atomic mass is 16.3. The van der Waals surface area contributed by atoms with Crippen LogP contribution in [0.15, 0.2) is 69.7 Å². The Morgan fingerprint density at radius 3 is 2.54 bits per heavy atom. The van der Waals surface area contributed by atoms with Crippen LogP contribution in [-0.2, 0) is 6.54 Å². The van der Waals surface area contributed by atoms with Crippen LogP contribution in [0.2, 0.25) is 0 Å². The Hall–Kier alpha value is -2.95. The second-order valence-electron chi connectivity index (χ2n) is 5.68. The summed E-state index contributed by atoms with van der Waals surface area (Å²) in [6, 6.07) is 16.6. The van der Waals surface area contributed by atoms with Crippen LogP contribution < -0.4 is 5.32 Å². The maximum atomic E-state index is 12.6. The quantitative estimate of drug-likeness (QED) is 0.768. The number of aryl methyl sites for hydroxylation is 1. The zero-order valence-electron chi connectivity index (χ0n) is 13.7. The van der Waals surface area contributed by atoms with Gasteiger partial charge < -0.3 is 19.1 Å². The summed E-state index contributed by atoms with van der Waals surface area (Å²) in [5.74, 6) is 2.27. The van der Waals surface area contributed by atoms with Gasteiger partial charge in [-0.1, -0.05) is 30.3 Å². The van der Waals surface area contributed by atoms with E-state index >= 15 is 0 Å². The predicted molar refractivity (Wildman–Crippen MR) is 90.4 cm³/mol. The van der Waals surface area contributed by atoms with Gasteiger partial charge >= 0.3 is 6.03 Å². The Morgan fingerprint density at radius 1 is 1.12 bits per heavy atom. The minimum Gasteiger partial charge on any atom is -0.467 e. The molecule has 0 saturated carbocycles. The van der Waals surface area contributed by atoms with Crippen LogP contribution in [0.1, 0.15) is 28.9 Å². The summed E-state index contributed by atoms with van der Waals surface area (Å²) in [5.41, 5.74) is 0.961. The van der Waals surface area contributed by atoms with E-state index in [1.165, 1.54) is 0 Å². The molecule has 2 aromatic heterocycles. The van der Waals surface area contributed by atoms with Gasteiger partial charge in [-0.25, -0.2) is 4.79 Å². The molecule has 3 aromatic rings. The highest BCUT2D eigenvalue weighted by Gasteiger charge is 2.21. The van der Waals surface area contributed by atoms with Gasteiger partial charge in [0.05, 0.1) is 12.8 Å². The van der Waals surface area contributed by atoms with Crippen molar-refractivity contribution in [3.05, 3.63) is 83.7 Å². The highest BCUT2D eigenvalue weighted by Crippen LogP contribution is 2.22. The van der Waals surface area contributed by atoms with E-state index in [0.717, 1.165) is 17.1 Å². The van der Waals surface area contributed by atoms with Crippen LogP contribution >= 0.6 is 0 Å². The van der Waals surface area contributed by atoms with Crippen molar-refractivity contribution in [2.75, 3.05) is 7.05 Å². The lowest BCUT2D eigenvalue weighted by atomic mass is 10.0. The van der Waals surface area contributed by atoms with Crippen molar-refractivity contribution in [2.45, 2.75) is 19.5 Å². The fourth-order valence-electron chi connectivity index (χ4n) is 2.53. The lowest BCUT2D eigenvalue weighted by molar-refractivity contribution is 0.199. The molecule has 0 saturated heterocycles. The molecule has 124 valence electrons. The second kappa shape index (κ2) is 7.08. The first-order valence-corrected chi connectivity index (χ1v) is 7.79. The van der Waals surface area contributed by atoms with Crippen molar-refractivity contribution in [3.63, 3.8) is 0 Å². The summed E-state index contributed by atoms with van der Waals surface area (Å²) in [4.78, 5) is 14.1. The van der Waals surface area contributed by atoms with Crippen LogP contribution in [0.4, 0.5) is 4.79 Å². The molecule has 0 aliphatic carbocycles. The van der Waals surface area contributed by atoms with Gasteiger partial charge in [-0.2, -0.15) is 0 Å². The number of nitrogens with zero attached hydrogens (tertiary/aromatic N) is 1. The Morgan fingerprint density at radius 2 is 1.92 bits per heavy atom. The van der Waals surface area contributed by atoms with E-state index in [1.54, 1.807) is 18.2 Å². The summed E-state index contributed by atoms with van der Waals surface area (Å²) in [6.07, 6.45) is 1.60. The monoisotopic (exact) mass is 324 g/mol. The van der Waals surface area contributed by atoms with Crippen molar-refractivity contribution in [1.82, 2.24) is 10.2 Å². The summed E-state index contributed by atoms with van der Waals surface area (Å²) in [5, 5.41) is 3.01. The van der Waals surface area contributed by atoms with Crippen molar-refractivity contribution < 1.29 is 13.6 Å². The number of benzene rings is 1. The molecule has 0 aliphatic rings. The smallest absolute Gasteiger partial charge is 0.318 e. The number of furan rings is 2. The average molecular weight is 324 g/mol. The Labute approximate surface area is 140 Å². The first kappa shape index (κ1) is 15.9. The second-order valence-corrected chi connectivity index (χ2v) is 5.68. The van der Waals surface area contributed by atoms with Crippen LogP contribution in [0, 0.1) is 6.92 Å². The highest BCUT2D eigenvalue weighted by molar-refractivity contribution is 5.74. The Balaban J connectivity index is 1.73. The van der Waals surface area contributed by atoms with Crippen molar-refractivity contribution in [3.8, 4) is 0 Å². The van der Waals surface area contributed by atoms with Gasteiger partial charge in [-0.15, -0.1) is 0 Å². The number of carbonyl (C=O) groups is 1. The van der Waals surface area contributed by atoms with Gasteiger partial charge in [-0.05, 0) is 36.8 Å². The Kier molecular flexibility index (Phi) is 4.70. The zero-order valence-corrected chi connectivity index (χ0v) is 13.7. The topological polar surface area (TPSA) is 58.6 Å². The van der Waals surface area contributed by atoms with E-state index in [0.29, 0.717) is 12.3 Å². The molecular formula is C19H20N2O3. The zero-order chi connectivity index (χ0) is 16.9. The third-order valence-corrected chi connectivity index (χ3v) is 3.76. The van der Waals surface area contributed by atoms with Crippen LogP contribution in [0.3, 0.4) is 0 Å². The molecule has 24 heavy (non-hydrogen) atoms. The van der Waals surface area contributed by atoms with Crippen LogP contribution in [0.5, 0.6) is 0 Å². The standard InChI is InChI=1S/C19H20N2O3/c1-14-10-11-16(24-14)13-21(2)19(22)20-18(17-9-6-12-23-17)15-7-4-3-5-8-15/h3-12,18H,13H2,1-2H3,(H,20,22)/t18-/m0/s1. The molecule has 5 heteroatoms. The van der Waals surface area contributed by atoms with Gasteiger partial charge in [0.2, 0.25) is 0 Å². The largest absolute Gasteiger partial charge is 0.467 e.